The highest BCUT2D eigenvalue weighted by atomic mass is 79.9. The zero-order chi connectivity index (χ0) is 31.7. The molecular formula is C33H31BrN6O4. The number of benzene rings is 2. The molecule has 0 aliphatic carbocycles. The number of fused-ring (bicyclic) bond motifs is 6. The number of hydrazine groups is 1. The number of hydrogen-bond acceptors (Lipinski definition) is 6. The topological polar surface area (TPSA) is 150 Å². The average Bonchev–Trinajstić information content (AvgIpc) is 2.98. The Hall–Kier alpha value is -4.90. The lowest BCUT2D eigenvalue weighted by molar-refractivity contribution is -0.119. The van der Waals surface area contributed by atoms with Crippen LogP contribution in [0.1, 0.15) is 68.2 Å². The van der Waals surface area contributed by atoms with Crippen LogP contribution in [-0.2, 0) is 4.79 Å². The number of carbonyl (C=O) groups is 2. The van der Waals surface area contributed by atoms with E-state index in [-0.39, 0.29) is 22.9 Å². The van der Waals surface area contributed by atoms with Gasteiger partial charge in [-0.05, 0) is 59.0 Å². The van der Waals surface area contributed by atoms with Crippen molar-refractivity contribution in [3.8, 4) is 0 Å². The van der Waals surface area contributed by atoms with Crippen LogP contribution in [0.15, 0.2) is 75.0 Å². The molecule has 4 heterocycles. The van der Waals surface area contributed by atoms with E-state index in [0.717, 1.165) is 37.5 Å². The zero-order valence-electron chi connectivity index (χ0n) is 24.8. The van der Waals surface area contributed by atoms with Crippen molar-refractivity contribution in [3.05, 3.63) is 103 Å². The van der Waals surface area contributed by atoms with Crippen molar-refractivity contribution in [2.75, 3.05) is 0 Å². The van der Waals surface area contributed by atoms with Gasteiger partial charge in [-0.3, -0.25) is 40.0 Å². The van der Waals surface area contributed by atoms with E-state index in [1.165, 1.54) is 6.92 Å². The molecule has 0 spiro atoms. The van der Waals surface area contributed by atoms with Crippen molar-refractivity contribution in [3.63, 3.8) is 0 Å². The monoisotopic (exact) mass is 654 g/mol. The summed E-state index contributed by atoms with van der Waals surface area (Å²) >= 11 is 3.47. The molecule has 0 saturated heterocycles. The second-order valence-electron chi connectivity index (χ2n) is 11.0. The normalized spacial score (nSPS) is 11.3. The summed E-state index contributed by atoms with van der Waals surface area (Å²) in [7, 11) is 0. The van der Waals surface area contributed by atoms with Gasteiger partial charge in [0, 0.05) is 40.1 Å². The number of rotatable bonds is 3. The summed E-state index contributed by atoms with van der Waals surface area (Å²) in [6.07, 6.45) is 3.20. The number of carbonyl (C=O) groups excluding carboxylic acids is 2. The lowest BCUT2D eigenvalue weighted by Crippen LogP contribution is -2.40. The van der Waals surface area contributed by atoms with Gasteiger partial charge in [0.25, 0.3) is 17.0 Å². The number of nitrogens with one attached hydrogen (secondary N) is 4. The van der Waals surface area contributed by atoms with Gasteiger partial charge in [-0.25, -0.2) is 0 Å². The van der Waals surface area contributed by atoms with Gasteiger partial charge in [-0.15, -0.1) is 0 Å². The van der Waals surface area contributed by atoms with E-state index in [1.807, 2.05) is 38.1 Å². The van der Waals surface area contributed by atoms with E-state index in [4.69, 9.17) is 0 Å². The molecule has 0 aliphatic rings. The minimum atomic E-state index is -0.458. The molecule has 2 amide bonds. The first-order chi connectivity index (χ1) is 21.0. The van der Waals surface area contributed by atoms with Crippen LogP contribution in [0.2, 0.25) is 0 Å². The highest BCUT2D eigenvalue weighted by Crippen LogP contribution is 2.31. The Bertz CT molecular complexity index is 2200. The Morgan fingerprint density at radius 3 is 1.70 bits per heavy atom. The van der Waals surface area contributed by atoms with Gasteiger partial charge in [-0.1, -0.05) is 55.8 Å². The standard InChI is InChI=1S/C18H18N4O3.C15H13BrN2O/c1-9(2)16-12-5-4-11(17(24)22-21-10(3)23)8-13(12)15-14(20-16)6-7-19-18(15)25;1-8(2)14-10-4-3-9(16)7-11(10)13-12(18-14)5-6-17-15(13)19/h4-9H,1-3H3,(H,19,25)(H,21,23)(H,22,24);3-8H,1-2H3,(H,17,19). The minimum absolute atomic E-state index is 0.0941. The van der Waals surface area contributed by atoms with Crippen LogP contribution in [0.25, 0.3) is 43.4 Å². The second kappa shape index (κ2) is 12.4. The second-order valence-corrected chi connectivity index (χ2v) is 11.9. The molecule has 0 atom stereocenters. The number of pyridine rings is 4. The molecule has 10 nitrogen and oxygen atoms in total. The minimum Gasteiger partial charge on any atom is -0.328 e. The van der Waals surface area contributed by atoms with Crippen LogP contribution in [0.5, 0.6) is 0 Å². The first-order valence-corrected chi connectivity index (χ1v) is 14.9. The quantitative estimate of drug-likeness (QED) is 0.137. The molecule has 6 rings (SSSR count). The molecular weight excluding hydrogens is 624 g/mol. The van der Waals surface area contributed by atoms with Gasteiger partial charge in [0.05, 0.1) is 33.2 Å². The zero-order valence-corrected chi connectivity index (χ0v) is 26.4. The Morgan fingerprint density at radius 1 is 0.705 bits per heavy atom. The van der Waals surface area contributed by atoms with Crippen LogP contribution in [-0.4, -0.2) is 31.8 Å². The maximum Gasteiger partial charge on any atom is 0.269 e. The molecule has 4 N–H and O–H groups in total. The fourth-order valence-electron chi connectivity index (χ4n) is 5.18. The third-order valence-electron chi connectivity index (χ3n) is 7.16. The summed E-state index contributed by atoms with van der Waals surface area (Å²) < 4.78 is 0.963. The first-order valence-electron chi connectivity index (χ1n) is 14.1. The van der Waals surface area contributed by atoms with Crippen LogP contribution in [0.3, 0.4) is 0 Å². The molecule has 0 saturated carbocycles. The molecule has 0 radical (unpaired) electrons. The average molecular weight is 656 g/mol. The van der Waals surface area contributed by atoms with Gasteiger partial charge in [0.15, 0.2) is 0 Å². The van der Waals surface area contributed by atoms with E-state index < -0.39 is 5.91 Å². The van der Waals surface area contributed by atoms with E-state index in [0.29, 0.717) is 33.2 Å². The van der Waals surface area contributed by atoms with E-state index >= 15 is 0 Å². The van der Waals surface area contributed by atoms with E-state index in [1.54, 1.807) is 36.7 Å². The van der Waals surface area contributed by atoms with Crippen molar-refractivity contribution < 1.29 is 9.59 Å². The molecule has 6 aromatic rings. The number of aromatic nitrogens is 4. The number of hydrogen-bond donors (Lipinski definition) is 4. The smallest absolute Gasteiger partial charge is 0.269 e. The van der Waals surface area contributed by atoms with Gasteiger partial charge >= 0.3 is 0 Å². The molecule has 44 heavy (non-hydrogen) atoms. The number of amides is 2. The summed E-state index contributed by atoms with van der Waals surface area (Å²) in [5.41, 5.74) is 7.78. The Balaban J connectivity index is 0.000000181. The van der Waals surface area contributed by atoms with Crippen LogP contribution in [0, 0.1) is 0 Å². The maximum atomic E-state index is 12.3. The Labute approximate surface area is 260 Å². The summed E-state index contributed by atoms with van der Waals surface area (Å²) in [6, 6.07) is 14.7. The summed E-state index contributed by atoms with van der Waals surface area (Å²) in [5.74, 6) is -0.361. The third kappa shape index (κ3) is 5.96. The molecule has 0 aliphatic heterocycles. The molecule has 0 fully saturated rings. The van der Waals surface area contributed by atoms with Crippen LogP contribution < -0.4 is 22.0 Å². The van der Waals surface area contributed by atoms with E-state index in [9.17, 15) is 19.2 Å². The molecule has 4 aromatic heterocycles. The molecule has 224 valence electrons. The summed E-state index contributed by atoms with van der Waals surface area (Å²) in [6.45, 7) is 9.58. The third-order valence-corrected chi connectivity index (χ3v) is 7.65. The maximum absolute atomic E-state index is 12.3. The molecule has 0 unspecified atom stereocenters. The largest absolute Gasteiger partial charge is 0.328 e. The fraction of sp³-hybridized carbons (Fsp3) is 0.212. The molecule has 2 aromatic carbocycles. The Morgan fingerprint density at radius 2 is 1.20 bits per heavy atom. The van der Waals surface area contributed by atoms with Crippen molar-refractivity contribution in [1.82, 2.24) is 30.8 Å². The highest BCUT2D eigenvalue weighted by Gasteiger charge is 2.16. The number of H-pyrrole nitrogens is 2. The summed E-state index contributed by atoms with van der Waals surface area (Å²) in [5, 5.41) is 4.58. The fourth-order valence-corrected chi connectivity index (χ4v) is 5.54. The first kappa shape index (κ1) is 30.6. The number of nitrogens with zero attached hydrogens (tertiary/aromatic N) is 2. The van der Waals surface area contributed by atoms with Crippen molar-refractivity contribution in [2.45, 2.75) is 46.5 Å². The van der Waals surface area contributed by atoms with Gasteiger partial charge in [0.2, 0.25) is 5.91 Å². The lowest BCUT2D eigenvalue weighted by Gasteiger charge is -2.13. The predicted octanol–water partition coefficient (Wildman–Crippen LogP) is 5.94. The van der Waals surface area contributed by atoms with Crippen molar-refractivity contribution in [1.29, 1.82) is 0 Å². The highest BCUT2D eigenvalue weighted by molar-refractivity contribution is 9.10. The lowest BCUT2D eigenvalue weighted by atomic mass is 9.97. The van der Waals surface area contributed by atoms with Gasteiger partial charge < -0.3 is 9.97 Å². The van der Waals surface area contributed by atoms with Crippen LogP contribution >= 0.6 is 15.9 Å². The van der Waals surface area contributed by atoms with Crippen molar-refractivity contribution in [2.24, 2.45) is 0 Å². The summed E-state index contributed by atoms with van der Waals surface area (Å²) in [4.78, 5) is 62.2. The van der Waals surface area contributed by atoms with Crippen LogP contribution in [0.4, 0.5) is 0 Å². The van der Waals surface area contributed by atoms with E-state index in [2.05, 4.69) is 60.6 Å². The number of aromatic amines is 2. The molecule has 0 bridgehead atoms. The van der Waals surface area contributed by atoms with Crippen molar-refractivity contribution >= 4 is 71.1 Å². The Kier molecular flexibility index (Phi) is 8.59. The molecule has 11 heteroatoms. The SMILES string of the molecule is CC(=O)NNC(=O)c1ccc2c(C(C)C)nc3cc[nH]c(=O)c3c2c1.CC(C)c1nc2cc[nH]c(=O)c2c2cc(Br)ccc12. The predicted molar refractivity (Wildman–Crippen MR) is 177 cm³/mol. The number of halogens is 1. The van der Waals surface area contributed by atoms with Gasteiger partial charge in [0.1, 0.15) is 0 Å². The van der Waals surface area contributed by atoms with Gasteiger partial charge in [-0.2, -0.15) is 0 Å².